The van der Waals surface area contributed by atoms with E-state index < -0.39 is 0 Å². The van der Waals surface area contributed by atoms with Crippen molar-refractivity contribution in [2.75, 3.05) is 26.8 Å². The highest BCUT2D eigenvalue weighted by molar-refractivity contribution is 5.77. The van der Waals surface area contributed by atoms with Crippen LogP contribution >= 0.6 is 0 Å². The van der Waals surface area contributed by atoms with Crippen LogP contribution in [0.5, 0.6) is 11.5 Å². The normalized spacial score (nSPS) is 18.3. The molecule has 3 rings (SSSR count). The lowest BCUT2D eigenvalue weighted by Crippen LogP contribution is -2.40. The quantitative estimate of drug-likeness (QED) is 0.830. The number of methoxy groups -OCH3 is 1. The van der Waals surface area contributed by atoms with Crippen molar-refractivity contribution in [2.45, 2.75) is 25.4 Å². The maximum atomic E-state index is 12.2. The van der Waals surface area contributed by atoms with Gasteiger partial charge in [0.1, 0.15) is 11.5 Å². The molecule has 1 saturated heterocycles. The van der Waals surface area contributed by atoms with Gasteiger partial charge in [-0.15, -0.1) is 0 Å². The second-order valence-electron chi connectivity index (χ2n) is 6.60. The molecule has 5 nitrogen and oxygen atoms in total. The van der Waals surface area contributed by atoms with E-state index in [1.54, 1.807) is 19.2 Å². The number of nitrogens with one attached hydrogen (secondary N) is 1. The number of hydrogen-bond donors (Lipinski definition) is 1. The number of likely N-dealkylation sites (tertiary alicyclic amines) is 1. The molecular weight excluding hydrogens is 328 g/mol. The summed E-state index contributed by atoms with van der Waals surface area (Å²) in [5.74, 6) is 1.34. The van der Waals surface area contributed by atoms with Crippen LogP contribution in [-0.4, -0.2) is 43.7 Å². The molecule has 0 bridgehead atoms. The predicted molar refractivity (Wildman–Crippen MR) is 101 cm³/mol. The monoisotopic (exact) mass is 354 g/mol. The fourth-order valence-electron chi connectivity index (χ4n) is 3.29. The van der Waals surface area contributed by atoms with Crippen LogP contribution in [0.4, 0.5) is 0 Å². The van der Waals surface area contributed by atoms with Crippen molar-refractivity contribution >= 4 is 5.91 Å². The van der Waals surface area contributed by atoms with Crippen LogP contribution in [0.2, 0.25) is 0 Å². The Labute approximate surface area is 154 Å². The standard InChI is InChI=1S/C21H26N2O3/c1-16(17-6-4-3-5-7-17)23-13-12-18(14-23)22-21(24)15-26-20-10-8-19(25-2)9-11-20/h3-11,16,18H,12-15H2,1-2H3,(H,22,24). The fraction of sp³-hybridized carbons (Fsp3) is 0.381. The molecule has 2 unspecified atom stereocenters. The molecule has 0 spiro atoms. The second-order valence-corrected chi connectivity index (χ2v) is 6.60. The number of carbonyl (C=O) groups is 1. The Bertz CT molecular complexity index is 703. The third-order valence-electron chi connectivity index (χ3n) is 4.84. The zero-order chi connectivity index (χ0) is 18.4. The second kappa shape index (κ2) is 8.72. The van der Waals surface area contributed by atoms with E-state index in [1.165, 1.54) is 5.56 Å². The summed E-state index contributed by atoms with van der Waals surface area (Å²) in [6.07, 6.45) is 0.964. The van der Waals surface area contributed by atoms with Crippen LogP contribution < -0.4 is 14.8 Å². The van der Waals surface area contributed by atoms with Gasteiger partial charge in [-0.25, -0.2) is 0 Å². The van der Waals surface area contributed by atoms with E-state index in [-0.39, 0.29) is 18.6 Å². The van der Waals surface area contributed by atoms with Crippen molar-refractivity contribution in [2.24, 2.45) is 0 Å². The Morgan fingerprint density at radius 1 is 1.15 bits per heavy atom. The lowest BCUT2D eigenvalue weighted by molar-refractivity contribution is -0.123. The lowest BCUT2D eigenvalue weighted by atomic mass is 10.1. The van der Waals surface area contributed by atoms with Crippen molar-refractivity contribution in [3.63, 3.8) is 0 Å². The van der Waals surface area contributed by atoms with Crippen LogP contribution in [0, 0.1) is 0 Å². The van der Waals surface area contributed by atoms with E-state index in [0.717, 1.165) is 25.3 Å². The molecule has 2 atom stereocenters. The first-order chi connectivity index (χ1) is 12.7. The average Bonchev–Trinajstić information content (AvgIpc) is 3.15. The summed E-state index contributed by atoms with van der Waals surface area (Å²) in [5.41, 5.74) is 1.31. The van der Waals surface area contributed by atoms with E-state index in [4.69, 9.17) is 9.47 Å². The number of amides is 1. The summed E-state index contributed by atoms with van der Waals surface area (Å²) in [7, 11) is 1.62. The van der Waals surface area contributed by atoms with Crippen molar-refractivity contribution in [1.29, 1.82) is 0 Å². The smallest absolute Gasteiger partial charge is 0.258 e. The van der Waals surface area contributed by atoms with Gasteiger partial charge in [-0.1, -0.05) is 30.3 Å². The maximum Gasteiger partial charge on any atom is 0.258 e. The summed E-state index contributed by atoms with van der Waals surface area (Å²) in [5, 5.41) is 3.08. The molecule has 1 heterocycles. The highest BCUT2D eigenvalue weighted by Crippen LogP contribution is 2.24. The number of nitrogens with zero attached hydrogens (tertiary/aromatic N) is 1. The average molecular weight is 354 g/mol. The molecule has 1 aliphatic rings. The van der Waals surface area contributed by atoms with Crippen molar-refractivity contribution in [3.05, 3.63) is 60.2 Å². The number of rotatable bonds is 7. The topological polar surface area (TPSA) is 50.8 Å². The van der Waals surface area contributed by atoms with Gasteiger partial charge in [0.05, 0.1) is 7.11 Å². The van der Waals surface area contributed by atoms with E-state index in [2.05, 4.69) is 41.4 Å². The summed E-state index contributed by atoms with van der Waals surface area (Å²) in [6, 6.07) is 18.2. The zero-order valence-corrected chi connectivity index (χ0v) is 15.4. The molecule has 5 heteroatoms. The number of ether oxygens (including phenoxy) is 2. The first-order valence-electron chi connectivity index (χ1n) is 9.01. The van der Waals surface area contributed by atoms with Gasteiger partial charge >= 0.3 is 0 Å². The summed E-state index contributed by atoms with van der Waals surface area (Å²) in [6.45, 7) is 4.09. The van der Waals surface area contributed by atoms with Gasteiger partial charge in [-0.3, -0.25) is 9.69 Å². The van der Waals surface area contributed by atoms with Gasteiger partial charge in [0.25, 0.3) is 5.91 Å². The minimum absolute atomic E-state index is 0.0249. The SMILES string of the molecule is COc1ccc(OCC(=O)NC2CCN(C(C)c3ccccc3)C2)cc1. The van der Waals surface area contributed by atoms with E-state index in [1.807, 2.05) is 18.2 Å². The molecule has 2 aromatic rings. The van der Waals surface area contributed by atoms with E-state index >= 15 is 0 Å². The van der Waals surface area contributed by atoms with Crippen molar-refractivity contribution in [1.82, 2.24) is 10.2 Å². The molecule has 0 saturated carbocycles. The summed E-state index contributed by atoms with van der Waals surface area (Å²) in [4.78, 5) is 14.6. The third kappa shape index (κ3) is 4.76. The van der Waals surface area contributed by atoms with Gasteiger partial charge in [0.2, 0.25) is 0 Å². The maximum absolute atomic E-state index is 12.2. The first kappa shape index (κ1) is 18.3. The molecule has 0 aromatic heterocycles. The van der Waals surface area contributed by atoms with Crippen LogP contribution in [0.15, 0.2) is 54.6 Å². The predicted octanol–water partition coefficient (Wildman–Crippen LogP) is 3.03. The van der Waals surface area contributed by atoms with Gasteiger partial charge in [0.15, 0.2) is 6.61 Å². The van der Waals surface area contributed by atoms with Gasteiger partial charge < -0.3 is 14.8 Å². The Morgan fingerprint density at radius 2 is 1.85 bits per heavy atom. The lowest BCUT2D eigenvalue weighted by Gasteiger charge is -2.24. The third-order valence-corrected chi connectivity index (χ3v) is 4.84. The number of carbonyl (C=O) groups excluding carboxylic acids is 1. The minimum Gasteiger partial charge on any atom is -0.497 e. The number of benzene rings is 2. The Morgan fingerprint density at radius 3 is 2.54 bits per heavy atom. The highest BCUT2D eigenvalue weighted by Gasteiger charge is 2.27. The zero-order valence-electron chi connectivity index (χ0n) is 15.4. The first-order valence-corrected chi connectivity index (χ1v) is 9.01. The molecule has 1 fully saturated rings. The molecule has 1 N–H and O–H groups in total. The molecule has 2 aromatic carbocycles. The van der Waals surface area contributed by atoms with Crippen LogP contribution in [-0.2, 0) is 4.79 Å². The van der Waals surface area contributed by atoms with Crippen LogP contribution in [0.1, 0.15) is 24.9 Å². The number of hydrogen-bond acceptors (Lipinski definition) is 4. The molecule has 0 aliphatic carbocycles. The molecule has 138 valence electrons. The molecule has 1 aliphatic heterocycles. The fourth-order valence-corrected chi connectivity index (χ4v) is 3.29. The molecule has 0 radical (unpaired) electrons. The summed E-state index contributed by atoms with van der Waals surface area (Å²) >= 11 is 0. The molecule has 26 heavy (non-hydrogen) atoms. The van der Waals surface area contributed by atoms with E-state index in [0.29, 0.717) is 11.8 Å². The van der Waals surface area contributed by atoms with Crippen LogP contribution in [0.25, 0.3) is 0 Å². The van der Waals surface area contributed by atoms with Gasteiger partial charge in [-0.2, -0.15) is 0 Å². The minimum atomic E-state index is -0.0833. The molecule has 1 amide bonds. The van der Waals surface area contributed by atoms with E-state index in [9.17, 15) is 4.79 Å². The largest absolute Gasteiger partial charge is 0.497 e. The Balaban J connectivity index is 1.43. The summed E-state index contributed by atoms with van der Waals surface area (Å²) < 4.78 is 10.6. The van der Waals surface area contributed by atoms with Gasteiger partial charge in [-0.05, 0) is 43.2 Å². The van der Waals surface area contributed by atoms with Crippen LogP contribution in [0.3, 0.4) is 0 Å². The van der Waals surface area contributed by atoms with Crippen molar-refractivity contribution in [3.8, 4) is 11.5 Å². The Kier molecular flexibility index (Phi) is 6.12. The Hall–Kier alpha value is -2.53. The van der Waals surface area contributed by atoms with Crippen molar-refractivity contribution < 1.29 is 14.3 Å². The molecular formula is C21H26N2O3. The highest BCUT2D eigenvalue weighted by atomic mass is 16.5. The van der Waals surface area contributed by atoms with Gasteiger partial charge in [0, 0.05) is 25.2 Å².